The Bertz CT molecular complexity index is 2780. The second-order valence-electron chi connectivity index (χ2n) is 19.5. The molecule has 4 heterocycles. The summed E-state index contributed by atoms with van der Waals surface area (Å²) in [7, 11) is -4.84. The number of aryl methyl sites for hydroxylation is 3. The van der Waals surface area contributed by atoms with Crippen LogP contribution in [-0.2, 0) is 72.6 Å². The van der Waals surface area contributed by atoms with Gasteiger partial charge in [-0.1, -0.05) is 88.4 Å². The minimum absolute atomic E-state index is 0.0105. The van der Waals surface area contributed by atoms with Crippen LogP contribution in [0.25, 0.3) is 0 Å². The van der Waals surface area contributed by atoms with Gasteiger partial charge in [-0.3, -0.25) is 19.1 Å². The molecule has 0 saturated carbocycles. The Morgan fingerprint density at radius 1 is 0.800 bits per heavy atom. The maximum atomic E-state index is 13.6. The van der Waals surface area contributed by atoms with E-state index in [1.165, 1.54) is 33.9 Å². The van der Waals surface area contributed by atoms with Gasteiger partial charge in [0.05, 0.1) is 68.2 Å². The van der Waals surface area contributed by atoms with Gasteiger partial charge in [-0.25, -0.2) is 26.8 Å². The van der Waals surface area contributed by atoms with Crippen molar-refractivity contribution < 1.29 is 51.3 Å². The molecule has 3 aromatic heterocycles. The zero-order valence-electron chi connectivity index (χ0n) is 44.1. The van der Waals surface area contributed by atoms with E-state index in [0.717, 1.165) is 34.0 Å². The summed E-state index contributed by atoms with van der Waals surface area (Å²) in [4.78, 5) is 45.5. The SMILES string of the molecule is CCC(=O)CCC(=O)N[C@@H](Cc1ccccc1)[C@H](O)CN(CC1CCCO1)S(=O)(=O)c1cn(C)cn1.Cc1ccnn1CC(C)C(=O)N[C@@H](Cc1ccccc1)[C@H](O)CN(C(CO)C(C)C)S(=O)(=O)c1cn(C)cn1. The fraction of sp³-hybridized carbons (Fsp3) is 0.538. The van der Waals surface area contributed by atoms with E-state index < -0.39 is 62.9 Å². The molecule has 2 aromatic carbocycles. The number of hydrogen-bond acceptors (Lipinski definition) is 14. The molecule has 5 aromatic rings. The molecule has 0 bridgehead atoms. The van der Waals surface area contributed by atoms with Crippen molar-refractivity contribution >= 4 is 37.6 Å². The van der Waals surface area contributed by atoms with Gasteiger partial charge in [0.2, 0.25) is 11.8 Å². The lowest BCUT2D eigenvalue weighted by molar-refractivity contribution is -0.126. The maximum Gasteiger partial charge on any atom is 0.262 e. The Hall–Kier alpha value is -5.66. The minimum Gasteiger partial charge on any atom is -0.395 e. The number of nitrogens with one attached hydrogen (secondary N) is 2. The van der Waals surface area contributed by atoms with Gasteiger partial charge in [-0.15, -0.1) is 0 Å². The number of imidazole rings is 2. The Morgan fingerprint density at radius 2 is 1.36 bits per heavy atom. The molecule has 412 valence electrons. The minimum atomic E-state index is -4.16. The maximum absolute atomic E-state index is 13.6. The van der Waals surface area contributed by atoms with Crippen LogP contribution in [0.5, 0.6) is 0 Å². The standard InChI is InChI=1S/C27H40N6O5S.C25H36N4O6S/c1-19(2)24(17-34)33(39(37,38)26-16-31(5)18-28-26)15-25(35)23(13-22-9-7-6-8-10-22)30-27(36)20(3)14-32-21(4)11-12-29-32;1-3-20(30)11-12-24(32)27-22(14-19-8-5-4-6-9-19)23(31)16-29(15-21-10-7-13-35-21)36(33,34)25-17-28(2)18-26-25/h6-12,16,18-20,23-25,34-35H,13-15,17H2,1-5H3,(H,30,36);4-6,8-9,17-18,21-23,31H,3,7,10-16H2,1-2H3,(H,27,32)/t20?,23-,24?,25+;21?,22-,23+/m00/s1. The number of aliphatic hydroxyl groups excluding tert-OH is 3. The molecule has 0 radical (unpaired) electrons. The van der Waals surface area contributed by atoms with E-state index in [4.69, 9.17) is 4.74 Å². The summed E-state index contributed by atoms with van der Waals surface area (Å²) >= 11 is 0. The summed E-state index contributed by atoms with van der Waals surface area (Å²) in [6.07, 6.45) is 7.11. The first-order valence-electron chi connectivity index (χ1n) is 25.4. The van der Waals surface area contributed by atoms with Crippen LogP contribution in [0.3, 0.4) is 0 Å². The third kappa shape index (κ3) is 17.7. The summed E-state index contributed by atoms with van der Waals surface area (Å²) in [5, 5.41) is 42.6. The number of carbonyl (C=O) groups is 3. The van der Waals surface area contributed by atoms with Crippen LogP contribution >= 0.6 is 0 Å². The largest absolute Gasteiger partial charge is 0.395 e. The molecule has 21 nitrogen and oxygen atoms in total. The number of hydrogen-bond donors (Lipinski definition) is 5. The smallest absolute Gasteiger partial charge is 0.262 e. The average molecular weight is 1080 g/mol. The number of rotatable bonds is 28. The van der Waals surface area contributed by atoms with E-state index in [0.29, 0.717) is 26.0 Å². The van der Waals surface area contributed by atoms with Gasteiger partial charge in [0, 0.05) is 83.9 Å². The predicted molar refractivity (Wildman–Crippen MR) is 281 cm³/mol. The van der Waals surface area contributed by atoms with Crippen LogP contribution in [0.15, 0.2) is 108 Å². The number of aromatic nitrogens is 6. The first kappa shape index (κ1) is 60.2. The highest BCUT2D eigenvalue weighted by Crippen LogP contribution is 2.24. The van der Waals surface area contributed by atoms with E-state index in [9.17, 15) is 46.5 Å². The zero-order chi connectivity index (χ0) is 54.9. The number of carbonyl (C=O) groups excluding carboxylic acids is 3. The van der Waals surface area contributed by atoms with Gasteiger partial charge in [-0.05, 0) is 55.7 Å². The lowest BCUT2D eigenvalue weighted by Gasteiger charge is -2.35. The van der Waals surface area contributed by atoms with Gasteiger partial charge in [0.25, 0.3) is 20.0 Å². The first-order chi connectivity index (χ1) is 35.6. The van der Waals surface area contributed by atoms with Crippen LogP contribution in [0.4, 0.5) is 0 Å². The highest BCUT2D eigenvalue weighted by molar-refractivity contribution is 7.89. The van der Waals surface area contributed by atoms with Gasteiger partial charge in [-0.2, -0.15) is 13.7 Å². The monoisotopic (exact) mass is 1080 g/mol. The first-order valence-corrected chi connectivity index (χ1v) is 28.2. The highest BCUT2D eigenvalue weighted by atomic mass is 32.2. The van der Waals surface area contributed by atoms with Crippen LogP contribution in [0.1, 0.15) is 76.6 Å². The summed E-state index contributed by atoms with van der Waals surface area (Å²) in [6, 6.07) is 18.2. The Morgan fingerprint density at radius 3 is 1.84 bits per heavy atom. The van der Waals surface area contributed by atoms with Crippen molar-refractivity contribution in [3.8, 4) is 0 Å². The Labute approximate surface area is 441 Å². The molecule has 5 N–H and O–H groups in total. The lowest BCUT2D eigenvalue weighted by atomic mass is 9.99. The van der Waals surface area contributed by atoms with E-state index in [2.05, 4.69) is 25.7 Å². The molecule has 7 atom stereocenters. The molecule has 1 saturated heterocycles. The second-order valence-corrected chi connectivity index (χ2v) is 23.3. The molecule has 2 amide bonds. The molecule has 23 heteroatoms. The van der Waals surface area contributed by atoms with Crippen molar-refractivity contribution in [1.82, 2.24) is 48.1 Å². The normalized spacial score (nSPS) is 16.5. The topological polar surface area (TPSA) is 273 Å². The van der Waals surface area contributed by atoms with Gasteiger partial charge < -0.3 is 39.8 Å². The zero-order valence-corrected chi connectivity index (χ0v) is 45.7. The lowest BCUT2D eigenvalue weighted by Crippen LogP contribution is -2.55. The molecule has 75 heavy (non-hydrogen) atoms. The molecule has 1 aliphatic rings. The number of sulfonamides is 2. The van der Waals surface area contributed by atoms with Crippen molar-refractivity contribution in [2.45, 2.75) is 133 Å². The van der Waals surface area contributed by atoms with Gasteiger partial charge in [0.15, 0.2) is 10.1 Å². The molecule has 0 aliphatic carbocycles. The number of ketones is 1. The van der Waals surface area contributed by atoms with Crippen molar-refractivity contribution in [2.75, 3.05) is 32.8 Å². The number of ether oxygens (including phenoxy) is 1. The van der Waals surface area contributed by atoms with Crippen molar-refractivity contribution in [3.63, 3.8) is 0 Å². The number of nitrogens with zero attached hydrogens (tertiary/aromatic N) is 8. The second kappa shape index (κ2) is 28.5. The molecular weight excluding hydrogens is 1000 g/mol. The molecule has 1 fully saturated rings. The van der Waals surface area contributed by atoms with Crippen LogP contribution in [0.2, 0.25) is 0 Å². The van der Waals surface area contributed by atoms with E-state index in [1.54, 1.807) is 57.2 Å². The molecule has 3 unspecified atom stereocenters. The van der Waals surface area contributed by atoms with Crippen molar-refractivity contribution in [1.29, 1.82) is 0 Å². The average Bonchev–Trinajstić information content (AvgIpc) is 4.24. The van der Waals surface area contributed by atoms with Gasteiger partial charge in [0.1, 0.15) is 5.78 Å². The van der Waals surface area contributed by atoms with E-state index in [1.807, 2.05) is 73.7 Å². The number of aliphatic hydroxyl groups is 3. The third-order valence-electron chi connectivity index (χ3n) is 13.1. The third-order valence-corrected chi connectivity index (χ3v) is 16.6. The van der Waals surface area contributed by atoms with Crippen molar-refractivity contribution in [2.24, 2.45) is 25.9 Å². The van der Waals surface area contributed by atoms with Crippen molar-refractivity contribution in [3.05, 3.63) is 115 Å². The fourth-order valence-corrected chi connectivity index (χ4v) is 11.7. The quantitative estimate of drug-likeness (QED) is 0.0482. The van der Waals surface area contributed by atoms with E-state index in [-0.39, 0.29) is 78.6 Å². The van der Waals surface area contributed by atoms with Gasteiger partial charge >= 0.3 is 0 Å². The number of Topliss-reactive ketones (excluding diaryl/α,β-unsaturated/α-hetero) is 1. The molecule has 1 aliphatic heterocycles. The Kier molecular flexibility index (Phi) is 22.9. The van der Waals surface area contributed by atoms with Crippen LogP contribution < -0.4 is 10.6 Å². The summed E-state index contributed by atoms with van der Waals surface area (Å²) in [5.41, 5.74) is 2.68. The van der Waals surface area contributed by atoms with Crippen LogP contribution in [-0.4, -0.2) is 157 Å². The highest BCUT2D eigenvalue weighted by Gasteiger charge is 2.39. The fourth-order valence-electron chi connectivity index (χ4n) is 8.54. The summed E-state index contributed by atoms with van der Waals surface area (Å²) in [5.74, 6) is -1.38. The molecular formula is C52H76N10O11S2. The number of amides is 2. The van der Waals surface area contributed by atoms with Crippen LogP contribution in [0, 0.1) is 18.8 Å². The Balaban J connectivity index is 0.000000278. The summed E-state index contributed by atoms with van der Waals surface area (Å²) in [6.45, 7) is 9.01. The number of benzene rings is 2. The molecule has 0 spiro atoms. The predicted octanol–water partition coefficient (Wildman–Crippen LogP) is 2.79. The summed E-state index contributed by atoms with van der Waals surface area (Å²) < 4.78 is 66.9. The molecule has 6 rings (SSSR count). The van der Waals surface area contributed by atoms with E-state index >= 15 is 0 Å².